The number of allylic oxidation sites excluding steroid dienone is 2. The Balaban J connectivity index is 3.47. The van der Waals surface area contributed by atoms with Crippen LogP contribution in [0.2, 0.25) is 0 Å². The molecule has 5 nitrogen and oxygen atoms in total. The molecule has 0 radical (unpaired) electrons. The van der Waals surface area contributed by atoms with Crippen LogP contribution in [0.25, 0.3) is 0 Å². The Labute approximate surface area is 311 Å². The van der Waals surface area contributed by atoms with Crippen LogP contribution in [-0.4, -0.2) is 36.4 Å². The highest BCUT2D eigenvalue weighted by Crippen LogP contribution is 2.16. The fourth-order valence-corrected chi connectivity index (χ4v) is 6.67. The van der Waals surface area contributed by atoms with Gasteiger partial charge in [0.05, 0.1) is 6.61 Å². The number of carbonyl (C=O) groups excluding carboxylic acids is 2. The molecule has 0 spiro atoms. The van der Waals surface area contributed by atoms with Crippen LogP contribution in [0.5, 0.6) is 0 Å². The summed E-state index contributed by atoms with van der Waals surface area (Å²) >= 11 is 0. The minimum absolute atomic E-state index is 0.0611. The van der Waals surface area contributed by atoms with E-state index in [0.29, 0.717) is 12.8 Å². The molecule has 0 aliphatic carbocycles. The number of ether oxygens (including phenoxy) is 2. The van der Waals surface area contributed by atoms with Crippen molar-refractivity contribution < 1.29 is 24.2 Å². The lowest BCUT2D eigenvalue weighted by Gasteiger charge is -2.15. The summed E-state index contributed by atoms with van der Waals surface area (Å²) in [5.74, 6) is -0.582. The Morgan fingerprint density at radius 1 is 0.440 bits per heavy atom. The van der Waals surface area contributed by atoms with Crippen molar-refractivity contribution in [3.05, 3.63) is 12.2 Å². The quantitative estimate of drug-likeness (QED) is 0.0389. The van der Waals surface area contributed by atoms with E-state index in [1.807, 2.05) is 0 Å². The van der Waals surface area contributed by atoms with E-state index in [-0.39, 0.29) is 25.2 Å². The second-order valence-corrected chi connectivity index (χ2v) is 15.1. The molecular weight excluding hydrogens is 620 g/mol. The van der Waals surface area contributed by atoms with E-state index in [0.717, 1.165) is 32.1 Å². The Morgan fingerprint density at radius 3 is 1.10 bits per heavy atom. The lowest BCUT2D eigenvalue weighted by molar-refractivity contribution is -0.161. The van der Waals surface area contributed by atoms with Crippen molar-refractivity contribution in [1.29, 1.82) is 0 Å². The van der Waals surface area contributed by atoms with Crippen LogP contribution in [0.1, 0.15) is 245 Å². The predicted molar refractivity (Wildman–Crippen MR) is 215 cm³/mol. The molecule has 0 aromatic rings. The molecule has 50 heavy (non-hydrogen) atoms. The average molecular weight is 707 g/mol. The van der Waals surface area contributed by atoms with E-state index >= 15 is 0 Å². The molecule has 1 N–H and O–H groups in total. The highest BCUT2D eigenvalue weighted by atomic mass is 16.6. The summed E-state index contributed by atoms with van der Waals surface area (Å²) in [6.07, 6.45) is 48.6. The molecule has 0 amide bonds. The first kappa shape index (κ1) is 48.6. The monoisotopic (exact) mass is 707 g/mol. The molecule has 5 heteroatoms. The van der Waals surface area contributed by atoms with Gasteiger partial charge in [-0.25, -0.2) is 0 Å². The lowest BCUT2D eigenvalue weighted by atomic mass is 10.0. The van der Waals surface area contributed by atoms with E-state index in [2.05, 4.69) is 26.0 Å². The van der Waals surface area contributed by atoms with Crippen LogP contribution in [-0.2, 0) is 19.1 Å². The number of rotatable bonds is 41. The minimum Gasteiger partial charge on any atom is -0.462 e. The molecule has 0 heterocycles. The summed E-state index contributed by atoms with van der Waals surface area (Å²) in [6.45, 7) is 4.15. The molecule has 0 aliphatic heterocycles. The maximum Gasteiger partial charge on any atom is 0.306 e. The third-order valence-corrected chi connectivity index (χ3v) is 10.1. The van der Waals surface area contributed by atoms with Gasteiger partial charge in [-0.1, -0.05) is 206 Å². The topological polar surface area (TPSA) is 72.8 Å². The van der Waals surface area contributed by atoms with Crippen molar-refractivity contribution in [1.82, 2.24) is 0 Å². The summed E-state index contributed by atoms with van der Waals surface area (Å²) in [5, 5.41) is 9.58. The van der Waals surface area contributed by atoms with Gasteiger partial charge in [-0.05, 0) is 38.5 Å². The summed E-state index contributed by atoms with van der Waals surface area (Å²) in [4.78, 5) is 24.3. The summed E-state index contributed by atoms with van der Waals surface area (Å²) in [5.41, 5.74) is 0. The normalized spacial score (nSPS) is 12.1. The minimum atomic E-state index is -0.767. The average Bonchev–Trinajstić information content (AvgIpc) is 3.12. The molecular formula is C45H86O5. The van der Waals surface area contributed by atoms with Gasteiger partial charge in [0.25, 0.3) is 0 Å². The first-order valence-corrected chi connectivity index (χ1v) is 22.2. The molecule has 0 saturated carbocycles. The summed E-state index contributed by atoms with van der Waals surface area (Å²) in [7, 11) is 0. The fraction of sp³-hybridized carbons (Fsp3) is 0.911. The van der Waals surface area contributed by atoms with Crippen LogP contribution >= 0.6 is 0 Å². The van der Waals surface area contributed by atoms with E-state index in [4.69, 9.17) is 9.47 Å². The Morgan fingerprint density at radius 2 is 0.740 bits per heavy atom. The standard InChI is InChI=1S/C45H86O5/c1-3-5-7-9-11-13-15-17-19-20-21-22-23-24-26-27-29-31-33-35-37-39-44(47)49-42-43(41-46)50-45(48)40-38-36-34-32-30-28-25-18-16-14-12-10-8-6-4-2/h14,16,43,46H,3-13,15,17-42H2,1-2H3/b16-14+/t43-/m0/s1. The van der Waals surface area contributed by atoms with Crippen molar-refractivity contribution in [3.63, 3.8) is 0 Å². The maximum absolute atomic E-state index is 12.2. The van der Waals surface area contributed by atoms with Crippen LogP contribution in [0.15, 0.2) is 12.2 Å². The first-order chi connectivity index (χ1) is 24.6. The molecule has 0 saturated heterocycles. The number of esters is 2. The molecule has 0 aromatic carbocycles. The Kier molecular flexibility index (Phi) is 40.9. The molecule has 296 valence electrons. The van der Waals surface area contributed by atoms with Crippen LogP contribution in [0.3, 0.4) is 0 Å². The molecule has 0 unspecified atom stereocenters. The first-order valence-electron chi connectivity index (χ1n) is 22.2. The highest BCUT2D eigenvalue weighted by Gasteiger charge is 2.16. The molecule has 0 rings (SSSR count). The van der Waals surface area contributed by atoms with Gasteiger partial charge in [0, 0.05) is 12.8 Å². The second-order valence-electron chi connectivity index (χ2n) is 15.1. The molecule has 0 fully saturated rings. The van der Waals surface area contributed by atoms with Gasteiger partial charge in [0.1, 0.15) is 6.61 Å². The zero-order valence-electron chi connectivity index (χ0n) is 33.7. The van der Waals surface area contributed by atoms with E-state index in [1.165, 1.54) is 186 Å². The van der Waals surface area contributed by atoms with Gasteiger partial charge in [0.2, 0.25) is 0 Å². The molecule has 1 atom stereocenters. The third kappa shape index (κ3) is 39.4. The largest absolute Gasteiger partial charge is 0.462 e. The van der Waals surface area contributed by atoms with E-state index in [9.17, 15) is 14.7 Å². The number of unbranched alkanes of at least 4 members (excludes halogenated alkanes) is 31. The number of aliphatic hydroxyl groups is 1. The number of aliphatic hydroxyl groups excluding tert-OH is 1. The number of hydrogen-bond acceptors (Lipinski definition) is 5. The predicted octanol–water partition coefficient (Wildman–Crippen LogP) is 14.1. The van der Waals surface area contributed by atoms with E-state index < -0.39 is 6.10 Å². The van der Waals surface area contributed by atoms with Crippen molar-refractivity contribution in [2.24, 2.45) is 0 Å². The van der Waals surface area contributed by atoms with Crippen LogP contribution in [0, 0.1) is 0 Å². The Hall–Kier alpha value is -1.36. The zero-order chi connectivity index (χ0) is 36.4. The smallest absolute Gasteiger partial charge is 0.306 e. The fourth-order valence-electron chi connectivity index (χ4n) is 6.67. The van der Waals surface area contributed by atoms with Gasteiger partial charge >= 0.3 is 11.9 Å². The van der Waals surface area contributed by atoms with Crippen LogP contribution in [0.4, 0.5) is 0 Å². The van der Waals surface area contributed by atoms with Gasteiger partial charge in [-0.3, -0.25) is 9.59 Å². The van der Waals surface area contributed by atoms with Gasteiger partial charge in [0.15, 0.2) is 6.10 Å². The van der Waals surface area contributed by atoms with Gasteiger partial charge in [-0.15, -0.1) is 0 Å². The molecule has 0 bridgehead atoms. The lowest BCUT2D eigenvalue weighted by Crippen LogP contribution is -2.28. The Bertz CT molecular complexity index is 720. The second kappa shape index (κ2) is 42.1. The van der Waals surface area contributed by atoms with Gasteiger partial charge in [-0.2, -0.15) is 0 Å². The highest BCUT2D eigenvalue weighted by molar-refractivity contribution is 5.70. The van der Waals surface area contributed by atoms with Crippen molar-refractivity contribution in [2.75, 3.05) is 13.2 Å². The summed E-state index contributed by atoms with van der Waals surface area (Å²) in [6, 6.07) is 0. The molecule has 0 aromatic heterocycles. The number of carbonyl (C=O) groups is 2. The van der Waals surface area contributed by atoms with E-state index in [1.54, 1.807) is 0 Å². The van der Waals surface area contributed by atoms with Gasteiger partial charge < -0.3 is 14.6 Å². The SMILES string of the molecule is CCCCCC/C=C/CCCCCCCCCC(=O)O[C@@H](CO)COC(=O)CCCCCCCCCCCCCCCCCCCCCCC. The molecule has 0 aliphatic rings. The van der Waals surface area contributed by atoms with Crippen molar-refractivity contribution >= 4 is 11.9 Å². The number of hydrogen-bond donors (Lipinski definition) is 1. The van der Waals surface area contributed by atoms with Crippen molar-refractivity contribution in [2.45, 2.75) is 251 Å². The van der Waals surface area contributed by atoms with Crippen molar-refractivity contribution in [3.8, 4) is 0 Å². The maximum atomic E-state index is 12.2. The van der Waals surface area contributed by atoms with Crippen LogP contribution < -0.4 is 0 Å². The summed E-state index contributed by atoms with van der Waals surface area (Å²) < 4.78 is 10.6. The zero-order valence-corrected chi connectivity index (χ0v) is 33.7. The third-order valence-electron chi connectivity index (χ3n) is 10.1.